The summed E-state index contributed by atoms with van der Waals surface area (Å²) in [5.41, 5.74) is 1.46. The minimum absolute atomic E-state index is 0. The summed E-state index contributed by atoms with van der Waals surface area (Å²) in [4.78, 5) is 0. The molecule has 1 nitrogen and oxygen atoms in total. The van der Waals surface area contributed by atoms with Crippen LogP contribution in [0.2, 0.25) is 0 Å². The molecule has 1 fully saturated rings. The third-order valence-electron chi connectivity index (χ3n) is 3.46. The summed E-state index contributed by atoms with van der Waals surface area (Å²) >= 11 is 0. The largest absolute Gasteiger partial charge is 0.314 e. The van der Waals surface area contributed by atoms with Crippen molar-refractivity contribution < 1.29 is 0 Å². The van der Waals surface area contributed by atoms with E-state index in [1.54, 1.807) is 0 Å². The molecule has 3 rings (SSSR count). The number of hydrogen-bond donors (Lipinski definition) is 1. The van der Waals surface area contributed by atoms with Crippen molar-refractivity contribution in [1.29, 1.82) is 0 Å². The maximum Gasteiger partial charge on any atom is 0.0108 e. The maximum atomic E-state index is 3.55. The van der Waals surface area contributed by atoms with E-state index in [1.807, 2.05) is 0 Å². The van der Waals surface area contributed by atoms with Gasteiger partial charge in [-0.2, -0.15) is 0 Å². The lowest BCUT2D eigenvalue weighted by molar-refractivity contribution is 0.603. The van der Waals surface area contributed by atoms with Crippen LogP contribution in [0.25, 0.3) is 10.8 Å². The molecule has 1 saturated heterocycles. The average molecular weight is 248 g/mol. The monoisotopic (exact) mass is 247 g/mol. The second-order valence-corrected chi connectivity index (χ2v) is 4.68. The summed E-state index contributed by atoms with van der Waals surface area (Å²) in [6.45, 7) is 1.19. The van der Waals surface area contributed by atoms with Crippen LogP contribution in [0.1, 0.15) is 18.4 Å². The first kappa shape index (κ1) is 12.4. The zero-order chi connectivity index (χ0) is 10.8. The van der Waals surface area contributed by atoms with Gasteiger partial charge in [0.05, 0.1) is 0 Å². The van der Waals surface area contributed by atoms with Gasteiger partial charge in [0.2, 0.25) is 0 Å². The Hall–Kier alpha value is -1.05. The lowest BCUT2D eigenvalue weighted by atomic mass is 10.0. The average Bonchev–Trinajstić information content (AvgIpc) is 2.82. The van der Waals surface area contributed by atoms with E-state index in [0.29, 0.717) is 6.04 Å². The molecule has 1 aliphatic rings. The number of halogens is 1. The van der Waals surface area contributed by atoms with Gasteiger partial charge in [0.25, 0.3) is 0 Å². The van der Waals surface area contributed by atoms with Gasteiger partial charge in [0.15, 0.2) is 0 Å². The highest BCUT2D eigenvalue weighted by Crippen LogP contribution is 2.18. The number of nitrogens with one attached hydrogen (secondary N) is 1. The zero-order valence-electron chi connectivity index (χ0n) is 9.86. The molecule has 1 aliphatic heterocycles. The van der Waals surface area contributed by atoms with E-state index in [2.05, 4.69) is 47.8 Å². The second-order valence-electron chi connectivity index (χ2n) is 4.68. The first-order valence-electron chi connectivity index (χ1n) is 6.13. The first-order chi connectivity index (χ1) is 7.92. The van der Waals surface area contributed by atoms with E-state index in [4.69, 9.17) is 0 Å². The van der Waals surface area contributed by atoms with E-state index < -0.39 is 0 Å². The second kappa shape index (κ2) is 5.52. The third kappa shape index (κ3) is 2.80. The highest BCUT2D eigenvalue weighted by molar-refractivity contribution is 5.85. The van der Waals surface area contributed by atoms with Crippen molar-refractivity contribution in [3.05, 3.63) is 48.0 Å². The molecule has 0 spiro atoms. The summed E-state index contributed by atoms with van der Waals surface area (Å²) in [6, 6.07) is 16.1. The molecule has 2 heteroatoms. The van der Waals surface area contributed by atoms with Crippen LogP contribution < -0.4 is 5.32 Å². The van der Waals surface area contributed by atoms with Crippen molar-refractivity contribution in [2.45, 2.75) is 25.3 Å². The predicted molar refractivity (Wildman–Crippen MR) is 75.9 cm³/mol. The molecule has 0 amide bonds. The van der Waals surface area contributed by atoms with Gasteiger partial charge in [-0.3, -0.25) is 0 Å². The molecular weight excluding hydrogens is 230 g/mol. The Morgan fingerprint density at radius 3 is 2.65 bits per heavy atom. The molecule has 17 heavy (non-hydrogen) atoms. The van der Waals surface area contributed by atoms with Crippen molar-refractivity contribution >= 4 is 23.2 Å². The fourth-order valence-corrected chi connectivity index (χ4v) is 2.58. The fraction of sp³-hybridized carbons (Fsp3) is 0.333. The molecule has 2 aromatic rings. The van der Waals surface area contributed by atoms with Gasteiger partial charge in [-0.05, 0) is 42.1 Å². The number of fused-ring (bicyclic) bond motifs is 1. The smallest absolute Gasteiger partial charge is 0.0108 e. The molecule has 0 radical (unpaired) electrons. The van der Waals surface area contributed by atoms with E-state index in [9.17, 15) is 0 Å². The summed E-state index contributed by atoms with van der Waals surface area (Å²) in [5, 5.41) is 6.25. The van der Waals surface area contributed by atoms with Crippen LogP contribution in [0.5, 0.6) is 0 Å². The normalized spacial score (nSPS) is 19.2. The summed E-state index contributed by atoms with van der Waals surface area (Å²) in [5.74, 6) is 0. The van der Waals surface area contributed by atoms with Crippen molar-refractivity contribution in [2.75, 3.05) is 6.54 Å². The minimum Gasteiger partial charge on any atom is -0.314 e. The van der Waals surface area contributed by atoms with E-state index in [1.165, 1.54) is 42.1 Å². The van der Waals surface area contributed by atoms with Gasteiger partial charge in [-0.15, -0.1) is 12.4 Å². The standard InChI is InChI=1S/C15H17N.ClH/c1-2-5-14-10-12(7-8-13(14)4-1)11-15-6-3-9-16-15;/h1-2,4-5,7-8,10,15-16H,3,6,9,11H2;1H. The summed E-state index contributed by atoms with van der Waals surface area (Å²) in [7, 11) is 0. The quantitative estimate of drug-likeness (QED) is 0.856. The van der Waals surface area contributed by atoms with Crippen LogP contribution in [-0.2, 0) is 6.42 Å². The molecule has 1 unspecified atom stereocenters. The van der Waals surface area contributed by atoms with Crippen molar-refractivity contribution in [1.82, 2.24) is 5.32 Å². The van der Waals surface area contributed by atoms with Crippen LogP contribution in [0, 0.1) is 0 Å². The maximum absolute atomic E-state index is 3.55. The van der Waals surface area contributed by atoms with Gasteiger partial charge in [0.1, 0.15) is 0 Å². The highest BCUT2D eigenvalue weighted by atomic mass is 35.5. The molecule has 0 aromatic heterocycles. The summed E-state index contributed by atoms with van der Waals surface area (Å²) < 4.78 is 0. The topological polar surface area (TPSA) is 12.0 Å². The molecule has 2 aromatic carbocycles. The van der Waals surface area contributed by atoms with Crippen LogP contribution in [0.3, 0.4) is 0 Å². The van der Waals surface area contributed by atoms with Gasteiger partial charge in [-0.25, -0.2) is 0 Å². The van der Waals surface area contributed by atoms with Gasteiger partial charge < -0.3 is 5.32 Å². The SMILES string of the molecule is Cl.c1ccc2cc(CC3CCCN3)ccc2c1. The number of benzene rings is 2. The Bertz CT molecular complexity index is 489. The van der Waals surface area contributed by atoms with E-state index >= 15 is 0 Å². The first-order valence-corrected chi connectivity index (χ1v) is 6.13. The van der Waals surface area contributed by atoms with Crippen molar-refractivity contribution in [2.24, 2.45) is 0 Å². The molecular formula is C15H18ClN. The third-order valence-corrected chi connectivity index (χ3v) is 3.46. The van der Waals surface area contributed by atoms with Crippen molar-refractivity contribution in [3.63, 3.8) is 0 Å². The number of rotatable bonds is 2. The number of hydrogen-bond acceptors (Lipinski definition) is 1. The van der Waals surface area contributed by atoms with Gasteiger partial charge in [-0.1, -0.05) is 42.5 Å². The Morgan fingerprint density at radius 1 is 1.06 bits per heavy atom. The molecule has 0 saturated carbocycles. The minimum atomic E-state index is 0. The molecule has 0 bridgehead atoms. The molecule has 90 valence electrons. The van der Waals surface area contributed by atoms with E-state index in [-0.39, 0.29) is 12.4 Å². The lowest BCUT2D eigenvalue weighted by Gasteiger charge is -2.10. The van der Waals surface area contributed by atoms with Crippen LogP contribution in [-0.4, -0.2) is 12.6 Å². The predicted octanol–water partition coefficient (Wildman–Crippen LogP) is 3.56. The zero-order valence-corrected chi connectivity index (χ0v) is 10.7. The van der Waals surface area contributed by atoms with Gasteiger partial charge in [0, 0.05) is 6.04 Å². The Labute approximate surface area is 109 Å². The summed E-state index contributed by atoms with van der Waals surface area (Å²) in [6.07, 6.45) is 3.83. The fourth-order valence-electron chi connectivity index (χ4n) is 2.58. The molecule has 0 aliphatic carbocycles. The Morgan fingerprint density at radius 2 is 1.88 bits per heavy atom. The van der Waals surface area contributed by atoms with Crippen molar-refractivity contribution in [3.8, 4) is 0 Å². The Kier molecular flexibility index (Phi) is 4.03. The van der Waals surface area contributed by atoms with Crippen LogP contribution in [0.4, 0.5) is 0 Å². The molecule has 1 heterocycles. The van der Waals surface area contributed by atoms with Gasteiger partial charge >= 0.3 is 0 Å². The molecule has 1 N–H and O–H groups in total. The van der Waals surface area contributed by atoms with E-state index in [0.717, 1.165) is 0 Å². The van der Waals surface area contributed by atoms with Crippen LogP contribution in [0.15, 0.2) is 42.5 Å². The van der Waals surface area contributed by atoms with Crippen LogP contribution >= 0.6 is 12.4 Å². The Balaban J connectivity index is 0.00000108. The lowest BCUT2D eigenvalue weighted by Crippen LogP contribution is -2.23. The molecule has 1 atom stereocenters. The highest BCUT2D eigenvalue weighted by Gasteiger charge is 2.14.